The summed E-state index contributed by atoms with van der Waals surface area (Å²) in [7, 11) is 1.77. The molecule has 1 aromatic rings. The fourth-order valence-electron chi connectivity index (χ4n) is 2.27. The van der Waals surface area contributed by atoms with Crippen LogP contribution in [0.5, 0.6) is 0 Å². The topological polar surface area (TPSA) is 90.5 Å². The molecule has 0 fully saturated rings. The molecule has 2 N–H and O–H groups in total. The molecule has 7 heteroatoms. The first kappa shape index (κ1) is 14.4. The van der Waals surface area contributed by atoms with Crippen molar-refractivity contribution in [1.82, 2.24) is 14.7 Å². The summed E-state index contributed by atoms with van der Waals surface area (Å²) in [6.45, 7) is 6.30. The van der Waals surface area contributed by atoms with E-state index in [2.05, 4.69) is 5.10 Å². The van der Waals surface area contributed by atoms with Crippen LogP contribution in [-0.2, 0) is 24.8 Å². The second kappa shape index (κ2) is 4.81. The Bertz CT molecular complexity index is 557. The minimum atomic E-state index is -0.576. The van der Waals surface area contributed by atoms with Crippen molar-refractivity contribution in [2.45, 2.75) is 39.3 Å². The summed E-state index contributed by atoms with van der Waals surface area (Å²) in [5.74, 6) is -0.576. The van der Waals surface area contributed by atoms with Gasteiger partial charge in [-0.15, -0.1) is 0 Å². The van der Waals surface area contributed by atoms with Gasteiger partial charge in [-0.1, -0.05) is 0 Å². The van der Waals surface area contributed by atoms with E-state index < -0.39 is 11.5 Å². The van der Waals surface area contributed by atoms with Gasteiger partial charge in [-0.05, 0) is 20.8 Å². The van der Waals surface area contributed by atoms with Crippen molar-refractivity contribution in [3.63, 3.8) is 0 Å². The van der Waals surface area contributed by atoms with Crippen molar-refractivity contribution in [2.75, 3.05) is 6.54 Å². The van der Waals surface area contributed by atoms with E-state index >= 15 is 0 Å². The van der Waals surface area contributed by atoms with Gasteiger partial charge in [-0.2, -0.15) is 5.10 Å². The molecular formula is C13H20N4O3. The molecule has 0 spiro atoms. The molecule has 0 bridgehead atoms. The maximum atomic E-state index is 12.1. The van der Waals surface area contributed by atoms with Gasteiger partial charge in [0.2, 0.25) is 0 Å². The number of fused-ring (bicyclic) bond motifs is 1. The van der Waals surface area contributed by atoms with Crippen molar-refractivity contribution in [3.05, 3.63) is 17.0 Å². The Morgan fingerprint density at radius 3 is 2.55 bits per heavy atom. The van der Waals surface area contributed by atoms with Gasteiger partial charge in [0.25, 0.3) is 5.91 Å². The number of nitrogens with two attached hydrogens (primary N) is 1. The highest BCUT2D eigenvalue weighted by Crippen LogP contribution is 2.23. The summed E-state index contributed by atoms with van der Waals surface area (Å²) < 4.78 is 7.00. The zero-order chi connectivity index (χ0) is 15.1. The Morgan fingerprint density at radius 1 is 1.35 bits per heavy atom. The molecule has 20 heavy (non-hydrogen) atoms. The highest BCUT2D eigenvalue weighted by atomic mass is 16.6. The molecule has 0 aliphatic carbocycles. The molecule has 0 saturated carbocycles. The van der Waals surface area contributed by atoms with E-state index in [4.69, 9.17) is 10.5 Å². The Labute approximate surface area is 117 Å². The number of ether oxygens (including phenoxy) is 1. The fourth-order valence-corrected chi connectivity index (χ4v) is 2.27. The summed E-state index contributed by atoms with van der Waals surface area (Å²) in [5.41, 5.74) is 6.68. The van der Waals surface area contributed by atoms with E-state index in [0.717, 1.165) is 11.3 Å². The number of nitrogens with zero attached hydrogens (tertiary/aromatic N) is 3. The van der Waals surface area contributed by atoms with E-state index in [1.54, 1.807) is 16.6 Å². The van der Waals surface area contributed by atoms with Gasteiger partial charge in [0.15, 0.2) is 5.69 Å². The second-order valence-corrected chi connectivity index (χ2v) is 5.91. The number of primary amides is 1. The van der Waals surface area contributed by atoms with Gasteiger partial charge in [0.1, 0.15) is 5.60 Å². The first-order valence-corrected chi connectivity index (χ1v) is 6.51. The van der Waals surface area contributed by atoms with E-state index in [9.17, 15) is 9.59 Å². The Hall–Kier alpha value is -2.05. The number of amides is 2. The lowest BCUT2D eigenvalue weighted by Gasteiger charge is -2.30. The smallest absolute Gasteiger partial charge is 0.410 e. The maximum Gasteiger partial charge on any atom is 0.410 e. The van der Waals surface area contributed by atoms with E-state index in [1.807, 2.05) is 20.8 Å². The van der Waals surface area contributed by atoms with Crippen LogP contribution < -0.4 is 5.73 Å². The molecule has 0 unspecified atom stereocenters. The van der Waals surface area contributed by atoms with Gasteiger partial charge in [0, 0.05) is 31.3 Å². The summed E-state index contributed by atoms with van der Waals surface area (Å²) in [6.07, 6.45) is 0.244. The normalized spacial score (nSPS) is 14.9. The Kier molecular flexibility index (Phi) is 3.45. The molecule has 2 rings (SSSR count). The number of aryl methyl sites for hydroxylation is 1. The van der Waals surface area contributed by atoms with Crippen LogP contribution in [0.25, 0.3) is 0 Å². The highest BCUT2D eigenvalue weighted by Gasteiger charge is 2.30. The van der Waals surface area contributed by atoms with Crippen LogP contribution >= 0.6 is 0 Å². The number of carbonyl (C=O) groups excluding carboxylic acids is 2. The number of aromatic nitrogens is 2. The lowest BCUT2D eigenvalue weighted by Crippen LogP contribution is -2.40. The monoisotopic (exact) mass is 280 g/mol. The molecule has 1 aromatic heterocycles. The first-order valence-electron chi connectivity index (χ1n) is 6.51. The summed E-state index contributed by atoms with van der Waals surface area (Å²) in [4.78, 5) is 25.0. The molecule has 2 heterocycles. The average molecular weight is 280 g/mol. The lowest BCUT2D eigenvalue weighted by molar-refractivity contribution is 0.0221. The average Bonchev–Trinajstić information content (AvgIpc) is 2.64. The van der Waals surface area contributed by atoms with Crippen molar-refractivity contribution in [3.8, 4) is 0 Å². The quantitative estimate of drug-likeness (QED) is 0.824. The molecule has 0 saturated heterocycles. The fraction of sp³-hybridized carbons (Fsp3) is 0.615. The standard InChI is InChI=1S/C13H20N4O3/c1-13(2,3)20-12(19)17-6-5-9-8(7-17)10(11(14)18)15-16(9)4/h5-7H2,1-4H3,(H2,14,18). The van der Waals surface area contributed by atoms with Crippen molar-refractivity contribution >= 4 is 12.0 Å². The van der Waals surface area contributed by atoms with Crippen molar-refractivity contribution in [2.24, 2.45) is 12.8 Å². The molecular weight excluding hydrogens is 260 g/mol. The zero-order valence-corrected chi connectivity index (χ0v) is 12.3. The molecule has 0 aromatic carbocycles. The van der Waals surface area contributed by atoms with Crippen LogP contribution in [0.2, 0.25) is 0 Å². The van der Waals surface area contributed by atoms with Crippen LogP contribution in [0.4, 0.5) is 4.79 Å². The minimum absolute atomic E-state index is 0.232. The largest absolute Gasteiger partial charge is 0.444 e. The zero-order valence-electron chi connectivity index (χ0n) is 12.3. The molecule has 1 aliphatic rings. The number of hydrogen-bond donors (Lipinski definition) is 1. The Morgan fingerprint density at radius 2 is 2.00 bits per heavy atom. The van der Waals surface area contributed by atoms with Gasteiger partial charge < -0.3 is 15.4 Å². The molecule has 110 valence electrons. The first-order chi connectivity index (χ1) is 9.19. The summed E-state index contributed by atoms with van der Waals surface area (Å²) in [6, 6.07) is 0. The van der Waals surface area contributed by atoms with Gasteiger partial charge in [-0.3, -0.25) is 9.48 Å². The van der Waals surface area contributed by atoms with Crippen molar-refractivity contribution in [1.29, 1.82) is 0 Å². The lowest BCUT2D eigenvalue weighted by atomic mass is 10.1. The van der Waals surface area contributed by atoms with Crippen LogP contribution in [-0.4, -0.2) is 38.8 Å². The van der Waals surface area contributed by atoms with E-state index in [0.29, 0.717) is 19.5 Å². The molecule has 0 radical (unpaired) electrons. The predicted octanol–water partition coefficient (Wildman–Crippen LogP) is 0.812. The van der Waals surface area contributed by atoms with Crippen LogP contribution in [0, 0.1) is 0 Å². The van der Waals surface area contributed by atoms with Gasteiger partial charge in [0.05, 0.1) is 6.54 Å². The third-order valence-corrected chi connectivity index (χ3v) is 3.13. The summed E-state index contributed by atoms with van der Waals surface area (Å²) in [5, 5.41) is 4.12. The van der Waals surface area contributed by atoms with Crippen LogP contribution in [0.15, 0.2) is 0 Å². The second-order valence-electron chi connectivity index (χ2n) is 5.91. The molecule has 7 nitrogen and oxygen atoms in total. The highest BCUT2D eigenvalue weighted by molar-refractivity contribution is 5.92. The van der Waals surface area contributed by atoms with Crippen LogP contribution in [0.1, 0.15) is 42.5 Å². The number of carbonyl (C=O) groups is 2. The molecule has 0 atom stereocenters. The maximum absolute atomic E-state index is 12.1. The third-order valence-electron chi connectivity index (χ3n) is 3.13. The third kappa shape index (κ3) is 2.76. The minimum Gasteiger partial charge on any atom is -0.444 e. The predicted molar refractivity (Wildman–Crippen MR) is 72.1 cm³/mol. The van der Waals surface area contributed by atoms with Gasteiger partial charge >= 0.3 is 6.09 Å². The van der Waals surface area contributed by atoms with Crippen LogP contribution in [0.3, 0.4) is 0 Å². The van der Waals surface area contributed by atoms with Gasteiger partial charge in [-0.25, -0.2) is 4.79 Å². The van der Waals surface area contributed by atoms with Crippen molar-refractivity contribution < 1.29 is 14.3 Å². The number of hydrogen-bond acceptors (Lipinski definition) is 4. The molecule has 2 amide bonds. The molecule has 1 aliphatic heterocycles. The SMILES string of the molecule is Cn1nc(C(N)=O)c2c1CCN(C(=O)OC(C)(C)C)C2. The van der Waals surface area contributed by atoms with E-state index in [1.165, 1.54) is 0 Å². The Balaban J connectivity index is 2.22. The summed E-state index contributed by atoms with van der Waals surface area (Å²) >= 11 is 0. The van der Waals surface area contributed by atoms with E-state index in [-0.39, 0.29) is 11.8 Å². The number of rotatable bonds is 1.